The van der Waals surface area contributed by atoms with E-state index >= 15 is 0 Å². The van der Waals surface area contributed by atoms with Crippen molar-refractivity contribution in [2.24, 2.45) is 0 Å². The largest absolute Gasteiger partial charge is 0.467 e. The van der Waals surface area contributed by atoms with E-state index in [4.69, 9.17) is 4.74 Å². The summed E-state index contributed by atoms with van der Waals surface area (Å²) >= 11 is 0. The molecule has 2 aliphatic heterocycles. The molecular formula is C20H16N2O3. The Hall–Kier alpha value is -3.08. The van der Waals surface area contributed by atoms with Crippen molar-refractivity contribution in [3.05, 3.63) is 70.9 Å². The number of hydrogen-bond acceptors (Lipinski definition) is 3. The minimum atomic E-state index is -0.610. The van der Waals surface area contributed by atoms with E-state index in [1.54, 1.807) is 4.90 Å². The number of nitrogens with zero attached hydrogens (tertiary/aromatic N) is 1. The van der Waals surface area contributed by atoms with Crippen molar-refractivity contribution in [1.82, 2.24) is 9.88 Å². The summed E-state index contributed by atoms with van der Waals surface area (Å²) in [4.78, 5) is 30.6. The van der Waals surface area contributed by atoms with E-state index in [0.29, 0.717) is 12.0 Å². The zero-order chi connectivity index (χ0) is 17.1. The van der Waals surface area contributed by atoms with Crippen molar-refractivity contribution in [2.45, 2.75) is 18.5 Å². The number of carbonyl (C=O) groups is 2. The van der Waals surface area contributed by atoms with Crippen LogP contribution in [0.1, 0.15) is 33.2 Å². The van der Waals surface area contributed by atoms with Crippen LogP contribution in [0.25, 0.3) is 10.9 Å². The highest BCUT2D eigenvalue weighted by atomic mass is 16.5. The first kappa shape index (κ1) is 14.3. The Morgan fingerprint density at radius 1 is 1.16 bits per heavy atom. The summed E-state index contributed by atoms with van der Waals surface area (Å²) in [6, 6.07) is 14.7. The number of H-pyrrole nitrogens is 1. The number of carbonyl (C=O) groups excluding carboxylic acids is 2. The fourth-order valence-corrected chi connectivity index (χ4v) is 4.25. The van der Waals surface area contributed by atoms with E-state index in [9.17, 15) is 9.59 Å². The highest BCUT2D eigenvalue weighted by Gasteiger charge is 2.49. The summed E-state index contributed by atoms with van der Waals surface area (Å²) in [5.74, 6) is -0.484. The van der Waals surface area contributed by atoms with Gasteiger partial charge in [-0.05, 0) is 23.3 Å². The number of amides is 1. The normalized spacial score (nSPS) is 21.0. The number of aromatic amines is 1. The summed E-state index contributed by atoms with van der Waals surface area (Å²) in [7, 11) is 1.37. The van der Waals surface area contributed by atoms with Crippen LogP contribution in [-0.2, 0) is 16.0 Å². The van der Waals surface area contributed by atoms with E-state index in [2.05, 4.69) is 11.1 Å². The molecule has 2 atom stereocenters. The number of para-hydroxylation sites is 1. The summed E-state index contributed by atoms with van der Waals surface area (Å²) in [5.41, 5.74) is 4.72. The van der Waals surface area contributed by atoms with Crippen molar-refractivity contribution >= 4 is 22.8 Å². The summed E-state index contributed by atoms with van der Waals surface area (Å²) in [6.07, 6.45) is 0.461. The molecule has 5 heteroatoms. The van der Waals surface area contributed by atoms with E-state index in [0.717, 1.165) is 27.7 Å². The van der Waals surface area contributed by atoms with Crippen molar-refractivity contribution in [2.75, 3.05) is 7.11 Å². The molecule has 3 heterocycles. The van der Waals surface area contributed by atoms with Gasteiger partial charge in [-0.15, -0.1) is 0 Å². The van der Waals surface area contributed by atoms with Gasteiger partial charge in [-0.1, -0.05) is 36.4 Å². The van der Waals surface area contributed by atoms with E-state index in [1.165, 1.54) is 7.11 Å². The number of nitrogens with one attached hydrogen (secondary N) is 1. The molecular weight excluding hydrogens is 316 g/mol. The lowest BCUT2D eigenvalue weighted by Crippen LogP contribution is -2.48. The predicted octanol–water partition coefficient (Wildman–Crippen LogP) is 2.81. The Labute approximate surface area is 144 Å². The van der Waals surface area contributed by atoms with Crippen LogP contribution in [0.4, 0.5) is 0 Å². The van der Waals surface area contributed by atoms with Gasteiger partial charge >= 0.3 is 5.97 Å². The van der Waals surface area contributed by atoms with Gasteiger partial charge in [-0.3, -0.25) is 4.79 Å². The molecule has 0 aliphatic carbocycles. The lowest BCUT2D eigenvalue weighted by Gasteiger charge is -2.36. The second kappa shape index (κ2) is 4.96. The third-order valence-electron chi connectivity index (χ3n) is 5.33. The molecule has 0 radical (unpaired) electrons. The van der Waals surface area contributed by atoms with Crippen LogP contribution < -0.4 is 0 Å². The molecule has 0 spiro atoms. The molecule has 0 saturated carbocycles. The van der Waals surface area contributed by atoms with Gasteiger partial charge in [0.15, 0.2) is 0 Å². The molecule has 25 heavy (non-hydrogen) atoms. The maximum atomic E-state index is 13.0. The molecule has 0 saturated heterocycles. The summed E-state index contributed by atoms with van der Waals surface area (Å²) in [5, 5.41) is 1.10. The molecule has 5 rings (SSSR count). The van der Waals surface area contributed by atoms with Crippen LogP contribution in [0.5, 0.6) is 0 Å². The second-order valence-corrected chi connectivity index (χ2v) is 6.51. The molecule has 0 fully saturated rings. The number of fused-ring (bicyclic) bond motifs is 7. The first-order valence-corrected chi connectivity index (χ1v) is 8.29. The average Bonchev–Trinajstić information content (AvgIpc) is 3.17. The molecule has 5 nitrogen and oxygen atoms in total. The van der Waals surface area contributed by atoms with Crippen LogP contribution in [0.2, 0.25) is 0 Å². The predicted molar refractivity (Wildman–Crippen MR) is 92.3 cm³/mol. The Balaban J connectivity index is 1.80. The van der Waals surface area contributed by atoms with E-state index < -0.39 is 6.04 Å². The topological polar surface area (TPSA) is 62.4 Å². The SMILES string of the molecule is COC(=O)C1Cc2c([nH]c3ccccc23)C2c3ccccc3C(=O)N12. The number of benzene rings is 2. The van der Waals surface area contributed by atoms with Crippen LogP contribution in [-0.4, -0.2) is 34.9 Å². The van der Waals surface area contributed by atoms with Crippen LogP contribution in [0.15, 0.2) is 48.5 Å². The molecule has 3 aromatic rings. The third-order valence-corrected chi connectivity index (χ3v) is 5.33. The Morgan fingerprint density at radius 3 is 2.76 bits per heavy atom. The standard InChI is InChI=1S/C20H16N2O3/c1-25-20(24)16-10-14-11-6-4-5-9-15(11)21-17(14)18-12-7-2-3-8-13(12)19(23)22(16)18/h2-9,16,18,21H,10H2,1H3. The van der Waals surface area contributed by atoms with Crippen LogP contribution in [0.3, 0.4) is 0 Å². The molecule has 1 aromatic heterocycles. The van der Waals surface area contributed by atoms with Gasteiger partial charge in [0.25, 0.3) is 5.91 Å². The minimum absolute atomic E-state index is 0.111. The Morgan fingerprint density at radius 2 is 1.92 bits per heavy atom. The maximum absolute atomic E-state index is 13.0. The van der Waals surface area contributed by atoms with Gasteiger partial charge in [0.2, 0.25) is 0 Å². The zero-order valence-corrected chi connectivity index (χ0v) is 13.7. The molecule has 2 unspecified atom stereocenters. The van der Waals surface area contributed by atoms with Gasteiger partial charge in [-0.25, -0.2) is 4.79 Å². The van der Waals surface area contributed by atoms with Crippen molar-refractivity contribution < 1.29 is 14.3 Å². The third kappa shape index (κ3) is 1.78. The minimum Gasteiger partial charge on any atom is -0.467 e. The molecule has 1 amide bonds. The van der Waals surface area contributed by atoms with Gasteiger partial charge in [0.05, 0.1) is 13.2 Å². The molecule has 2 aromatic carbocycles. The first-order chi connectivity index (χ1) is 12.2. The fourth-order valence-electron chi connectivity index (χ4n) is 4.25. The second-order valence-electron chi connectivity index (χ2n) is 6.51. The Bertz CT molecular complexity index is 1040. The maximum Gasteiger partial charge on any atom is 0.328 e. The lowest BCUT2D eigenvalue weighted by atomic mass is 9.90. The number of hydrogen-bond donors (Lipinski definition) is 1. The van der Waals surface area contributed by atoms with Crippen molar-refractivity contribution in [3.63, 3.8) is 0 Å². The molecule has 1 N–H and O–H groups in total. The van der Waals surface area contributed by atoms with Crippen LogP contribution in [0, 0.1) is 0 Å². The smallest absolute Gasteiger partial charge is 0.328 e. The number of methoxy groups -OCH3 is 1. The number of esters is 1. The zero-order valence-electron chi connectivity index (χ0n) is 13.7. The van der Waals surface area contributed by atoms with Crippen molar-refractivity contribution in [1.29, 1.82) is 0 Å². The van der Waals surface area contributed by atoms with E-state index in [-0.39, 0.29) is 17.9 Å². The summed E-state index contributed by atoms with van der Waals surface area (Å²) < 4.78 is 5.01. The van der Waals surface area contributed by atoms with E-state index in [1.807, 2.05) is 42.5 Å². The quantitative estimate of drug-likeness (QED) is 0.697. The Kier molecular flexibility index (Phi) is 2.83. The molecule has 124 valence electrons. The number of aromatic nitrogens is 1. The van der Waals surface area contributed by atoms with Gasteiger partial charge in [-0.2, -0.15) is 0 Å². The average molecular weight is 332 g/mol. The first-order valence-electron chi connectivity index (χ1n) is 8.29. The van der Waals surface area contributed by atoms with Gasteiger partial charge in [0.1, 0.15) is 6.04 Å². The monoisotopic (exact) mass is 332 g/mol. The van der Waals surface area contributed by atoms with Crippen LogP contribution >= 0.6 is 0 Å². The van der Waals surface area contributed by atoms with Crippen molar-refractivity contribution in [3.8, 4) is 0 Å². The van der Waals surface area contributed by atoms with Gasteiger partial charge < -0.3 is 14.6 Å². The van der Waals surface area contributed by atoms with Gasteiger partial charge in [0, 0.05) is 28.6 Å². The lowest BCUT2D eigenvalue weighted by molar-refractivity contribution is -0.146. The number of ether oxygens (including phenoxy) is 1. The summed E-state index contributed by atoms with van der Waals surface area (Å²) in [6.45, 7) is 0. The molecule has 2 aliphatic rings. The fraction of sp³-hybridized carbons (Fsp3) is 0.200. The highest BCUT2D eigenvalue weighted by molar-refractivity contribution is 6.03. The number of rotatable bonds is 1. The highest BCUT2D eigenvalue weighted by Crippen LogP contribution is 2.46. The molecule has 0 bridgehead atoms.